The molecule has 0 aromatic carbocycles. The molecule has 2 rings (SSSR count). The number of alkyl halides is 3. The molecule has 0 radical (unpaired) electrons. The third-order valence-corrected chi connectivity index (χ3v) is 4.64. The minimum Gasteiger partial charge on any atom is -0.417 e. The average Bonchev–Trinajstić information content (AvgIpc) is 2.89. The van der Waals surface area contributed by atoms with Gasteiger partial charge in [-0.3, -0.25) is 0 Å². The number of aryl methyl sites for hydroxylation is 1. The molecule has 1 atom stereocenters. The van der Waals surface area contributed by atoms with Gasteiger partial charge in [-0.15, -0.1) is 5.10 Å². The van der Waals surface area contributed by atoms with E-state index >= 15 is 0 Å². The number of aromatic nitrogens is 2. The molecule has 0 N–H and O–H groups in total. The number of oxime groups is 1. The highest BCUT2D eigenvalue weighted by Gasteiger charge is 2.44. The Morgan fingerprint density at radius 2 is 1.96 bits per heavy atom. The number of rotatable bonds is 4. The summed E-state index contributed by atoms with van der Waals surface area (Å²) in [4.78, 5) is 4.83. The third kappa shape index (κ3) is 3.26. The average molecular weight is 359 g/mol. The highest BCUT2D eigenvalue weighted by atomic mass is 32.2. The van der Waals surface area contributed by atoms with Crippen molar-refractivity contribution in [2.24, 2.45) is 12.2 Å². The molecule has 1 aliphatic rings. The summed E-state index contributed by atoms with van der Waals surface area (Å²) in [5, 5.41) is 5.70. The van der Waals surface area contributed by atoms with Crippen LogP contribution >= 0.6 is 0 Å². The first-order valence-electron chi connectivity index (χ1n) is 6.26. The summed E-state index contributed by atoms with van der Waals surface area (Å²) >= 11 is 0. The van der Waals surface area contributed by atoms with Gasteiger partial charge >= 0.3 is 6.61 Å². The molecule has 0 amide bonds. The van der Waals surface area contributed by atoms with E-state index in [0.29, 0.717) is 4.68 Å². The Morgan fingerprint density at radius 3 is 2.43 bits per heavy atom. The van der Waals surface area contributed by atoms with Crippen molar-refractivity contribution >= 4 is 14.9 Å². The quantitative estimate of drug-likeness (QED) is 0.769. The van der Waals surface area contributed by atoms with E-state index in [-0.39, 0.29) is 6.42 Å². The van der Waals surface area contributed by atoms with E-state index in [1.54, 1.807) is 0 Å². The molecule has 0 bridgehead atoms. The Balaban J connectivity index is 2.43. The van der Waals surface area contributed by atoms with Crippen LogP contribution in [-0.2, 0) is 21.7 Å². The Morgan fingerprint density at radius 1 is 1.35 bits per heavy atom. The molecule has 12 heteroatoms. The highest BCUT2D eigenvalue weighted by Crippen LogP contribution is 2.38. The molecule has 2 heterocycles. The van der Waals surface area contributed by atoms with Gasteiger partial charge < -0.3 is 9.57 Å². The second kappa shape index (κ2) is 5.65. The van der Waals surface area contributed by atoms with E-state index < -0.39 is 50.0 Å². The maximum Gasteiger partial charge on any atom is 0.388 e. The monoisotopic (exact) mass is 359 g/mol. The fraction of sp³-hybridized carbons (Fsp3) is 0.636. The number of sulfone groups is 1. The van der Waals surface area contributed by atoms with Crippen molar-refractivity contribution in [3.05, 3.63) is 11.5 Å². The Kier molecular flexibility index (Phi) is 4.30. The van der Waals surface area contributed by atoms with Crippen molar-refractivity contribution in [1.29, 1.82) is 0 Å². The van der Waals surface area contributed by atoms with Crippen LogP contribution in [0.4, 0.5) is 17.6 Å². The van der Waals surface area contributed by atoms with Crippen LogP contribution in [0.3, 0.4) is 0 Å². The Hall–Kier alpha value is -1.85. The lowest BCUT2D eigenvalue weighted by Gasteiger charge is -2.14. The molecule has 1 unspecified atom stereocenters. The lowest BCUT2D eigenvalue weighted by molar-refractivity contribution is -0.0562. The lowest BCUT2D eigenvalue weighted by atomic mass is 10.1. The summed E-state index contributed by atoms with van der Waals surface area (Å²) in [5.41, 5.74) is -5.22. The predicted molar refractivity (Wildman–Crippen MR) is 69.8 cm³/mol. The molecule has 0 spiro atoms. The van der Waals surface area contributed by atoms with Crippen LogP contribution in [0.15, 0.2) is 5.16 Å². The van der Waals surface area contributed by atoms with E-state index in [9.17, 15) is 26.0 Å². The van der Waals surface area contributed by atoms with Crippen LogP contribution in [0, 0.1) is 5.95 Å². The second-order valence-corrected chi connectivity index (χ2v) is 7.36. The topological polar surface area (TPSA) is 82.8 Å². The smallest absolute Gasteiger partial charge is 0.388 e. The fourth-order valence-corrected chi connectivity index (χ4v) is 3.38. The van der Waals surface area contributed by atoms with Gasteiger partial charge in [-0.2, -0.15) is 13.2 Å². The van der Waals surface area contributed by atoms with Crippen LogP contribution in [0.25, 0.3) is 0 Å². The zero-order valence-electron chi connectivity index (χ0n) is 12.3. The van der Waals surface area contributed by atoms with E-state index in [4.69, 9.17) is 4.84 Å². The summed E-state index contributed by atoms with van der Waals surface area (Å²) < 4.78 is 81.7. The van der Waals surface area contributed by atoms with E-state index in [1.165, 1.54) is 13.8 Å². The predicted octanol–water partition coefficient (Wildman–Crippen LogP) is 2.06. The van der Waals surface area contributed by atoms with Crippen LogP contribution in [0.1, 0.15) is 31.3 Å². The number of halogens is 4. The van der Waals surface area contributed by atoms with Gasteiger partial charge in [-0.25, -0.2) is 17.5 Å². The molecule has 7 nitrogen and oxygen atoms in total. The third-order valence-electron chi connectivity index (χ3n) is 2.98. The summed E-state index contributed by atoms with van der Waals surface area (Å²) in [6.45, 7) is -0.380. The number of hydrogen-bond acceptors (Lipinski definition) is 6. The van der Waals surface area contributed by atoms with Crippen LogP contribution in [0.5, 0.6) is 5.88 Å². The van der Waals surface area contributed by atoms with E-state index in [0.717, 1.165) is 7.05 Å². The maximum atomic E-state index is 14.5. The SMILES string of the molecule is Cn1nc(F)c(C(F)S(=O)(=O)C2=NOC(C)(C)C2)c1OC(F)F. The largest absolute Gasteiger partial charge is 0.417 e. The highest BCUT2D eigenvalue weighted by molar-refractivity contribution is 8.06. The second-order valence-electron chi connectivity index (χ2n) is 5.39. The van der Waals surface area contributed by atoms with Crippen molar-refractivity contribution in [2.45, 2.75) is 38.0 Å². The van der Waals surface area contributed by atoms with Crippen molar-refractivity contribution in [3.8, 4) is 5.88 Å². The van der Waals surface area contributed by atoms with Crippen molar-refractivity contribution < 1.29 is 35.6 Å². The molecular weight excluding hydrogens is 346 g/mol. The Labute approximate surface area is 128 Å². The zero-order chi connectivity index (χ0) is 17.6. The van der Waals surface area contributed by atoms with Gasteiger partial charge in [0.15, 0.2) is 5.04 Å². The van der Waals surface area contributed by atoms with Crippen LogP contribution in [0.2, 0.25) is 0 Å². The molecular formula is C11H13F4N3O4S. The summed E-state index contributed by atoms with van der Waals surface area (Å²) in [6, 6.07) is 0. The molecule has 1 aliphatic heterocycles. The summed E-state index contributed by atoms with van der Waals surface area (Å²) in [5.74, 6) is -2.59. The lowest BCUT2D eigenvalue weighted by Crippen LogP contribution is -2.25. The number of hydrogen-bond donors (Lipinski definition) is 0. The first kappa shape index (κ1) is 17.5. The minimum atomic E-state index is -4.79. The molecule has 1 aromatic heterocycles. The molecule has 1 aromatic rings. The number of nitrogens with zero attached hydrogens (tertiary/aromatic N) is 3. The van der Waals surface area contributed by atoms with Crippen molar-refractivity contribution in [2.75, 3.05) is 0 Å². The van der Waals surface area contributed by atoms with E-state index in [2.05, 4.69) is 15.0 Å². The first-order valence-corrected chi connectivity index (χ1v) is 7.80. The standard InChI is InChI=1S/C11H13F4N3O4S/c1-11(2)4-5(17-22-11)23(19,20)8(13)6-7(12)16-18(3)9(6)21-10(14)15/h8,10H,4H2,1-3H3. The first-order chi connectivity index (χ1) is 10.5. The normalized spacial score (nSPS) is 18.7. The molecule has 0 saturated carbocycles. The molecule has 0 fully saturated rings. The fourth-order valence-electron chi connectivity index (χ4n) is 1.94. The van der Waals surface area contributed by atoms with Gasteiger partial charge in [0.2, 0.25) is 27.2 Å². The zero-order valence-corrected chi connectivity index (χ0v) is 13.1. The van der Waals surface area contributed by atoms with Crippen LogP contribution < -0.4 is 4.74 Å². The van der Waals surface area contributed by atoms with Gasteiger partial charge in [0.05, 0.1) is 0 Å². The Bertz CT molecular complexity index is 745. The van der Waals surface area contributed by atoms with Gasteiger partial charge in [0.25, 0.3) is 0 Å². The molecule has 130 valence electrons. The number of ether oxygens (including phenoxy) is 1. The van der Waals surface area contributed by atoms with Gasteiger partial charge in [0.1, 0.15) is 11.2 Å². The molecule has 23 heavy (non-hydrogen) atoms. The maximum absolute atomic E-state index is 14.5. The molecule has 0 saturated heterocycles. The minimum absolute atomic E-state index is 0.247. The summed E-state index contributed by atoms with van der Waals surface area (Å²) in [6.07, 6.45) is -0.247. The van der Waals surface area contributed by atoms with Crippen molar-refractivity contribution in [3.63, 3.8) is 0 Å². The van der Waals surface area contributed by atoms with Crippen LogP contribution in [-0.4, -0.2) is 35.5 Å². The van der Waals surface area contributed by atoms with Gasteiger partial charge in [-0.05, 0) is 13.8 Å². The van der Waals surface area contributed by atoms with Crippen molar-refractivity contribution in [1.82, 2.24) is 9.78 Å². The molecule has 0 aliphatic carbocycles. The summed E-state index contributed by atoms with van der Waals surface area (Å²) in [7, 11) is -3.79. The van der Waals surface area contributed by atoms with Gasteiger partial charge in [0, 0.05) is 13.5 Å². The van der Waals surface area contributed by atoms with Gasteiger partial charge in [-0.1, -0.05) is 5.16 Å². The van der Waals surface area contributed by atoms with E-state index in [1.807, 2.05) is 0 Å².